The highest BCUT2D eigenvalue weighted by molar-refractivity contribution is 6.65. The maximum atomic E-state index is 11.7. The molecule has 5 nitrogen and oxygen atoms in total. The zero-order chi connectivity index (χ0) is 16.0. The molecule has 0 radical (unpaired) electrons. The zero-order valence-electron chi connectivity index (χ0n) is 12.7. The average molecular weight is 313 g/mol. The number of amides is 1. The van der Waals surface area contributed by atoms with Crippen LogP contribution in [0.3, 0.4) is 0 Å². The topological polar surface area (TPSA) is 70.9 Å². The lowest BCUT2D eigenvalue weighted by Gasteiger charge is -2.20. The van der Waals surface area contributed by atoms with Gasteiger partial charge >= 0.3 is 6.09 Å². The molecule has 0 spiro atoms. The third-order valence-electron chi connectivity index (χ3n) is 2.68. The molecule has 6 heteroatoms. The Balaban J connectivity index is 2.74. The van der Waals surface area contributed by atoms with E-state index in [1.807, 2.05) is 25.1 Å². The van der Waals surface area contributed by atoms with Crippen LogP contribution in [0.5, 0.6) is 0 Å². The number of hydrogen-bond acceptors (Lipinski definition) is 4. The molecule has 0 bridgehead atoms. The molecule has 21 heavy (non-hydrogen) atoms. The van der Waals surface area contributed by atoms with Gasteiger partial charge in [0.05, 0.1) is 0 Å². The van der Waals surface area contributed by atoms with Crippen molar-refractivity contribution in [3.8, 4) is 0 Å². The number of halogens is 1. The molecule has 1 amide bonds. The van der Waals surface area contributed by atoms with Crippen LogP contribution in [0.25, 0.3) is 0 Å². The smallest absolute Gasteiger partial charge is 0.412 e. The Hall–Kier alpha value is -1.75. The second kappa shape index (κ2) is 7.31. The molecule has 1 atom stereocenters. The summed E-state index contributed by atoms with van der Waals surface area (Å²) in [6, 6.07) is 7.38. The molecule has 0 unspecified atom stereocenters. The Labute approximate surface area is 129 Å². The first kappa shape index (κ1) is 17.3. The SMILES string of the molecule is C[C@H](CC(Cl)=NO)c1cccc(NC(=O)OC(C)(C)C)c1. The first-order chi connectivity index (χ1) is 9.71. The van der Waals surface area contributed by atoms with Crippen molar-refractivity contribution < 1.29 is 14.7 Å². The van der Waals surface area contributed by atoms with Crippen molar-refractivity contribution in [1.82, 2.24) is 0 Å². The van der Waals surface area contributed by atoms with Crippen molar-refractivity contribution >= 4 is 28.6 Å². The van der Waals surface area contributed by atoms with Gasteiger partial charge in [-0.15, -0.1) is 0 Å². The van der Waals surface area contributed by atoms with E-state index in [9.17, 15) is 4.79 Å². The summed E-state index contributed by atoms with van der Waals surface area (Å²) in [5, 5.41) is 14.4. The highest BCUT2D eigenvalue weighted by Crippen LogP contribution is 2.23. The number of anilines is 1. The quantitative estimate of drug-likeness (QED) is 0.486. The molecule has 1 aromatic carbocycles. The van der Waals surface area contributed by atoms with Crippen molar-refractivity contribution in [2.45, 2.75) is 45.6 Å². The van der Waals surface area contributed by atoms with Crippen LogP contribution in [-0.2, 0) is 4.74 Å². The Bertz CT molecular complexity index is 524. The molecule has 2 N–H and O–H groups in total. The van der Waals surface area contributed by atoms with Gasteiger partial charge in [-0.2, -0.15) is 0 Å². The Morgan fingerprint density at radius 3 is 2.71 bits per heavy atom. The maximum absolute atomic E-state index is 11.7. The van der Waals surface area contributed by atoms with Crippen LogP contribution in [0.4, 0.5) is 10.5 Å². The van der Waals surface area contributed by atoms with Gasteiger partial charge in [0.2, 0.25) is 0 Å². The molecular weight excluding hydrogens is 292 g/mol. The summed E-state index contributed by atoms with van der Waals surface area (Å²) in [5.41, 5.74) is 1.08. The van der Waals surface area contributed by atoms with Crippen LogP contribution >= 0.6 is 11.6 Å². The summed E-state index contributed by atoms with van der Waals surface area (Å²) in [7, 11) is 0. The van der Waals surface area contributed by atoms with Gasteiger partial charge in [-0.05, 0) is 44.4 Å². The van der Waals surface area contributed by atoms with Crippen LogP contribution in [0.2, 0.25) is 0 Å². The van der Waals surface area contributed by atoms with Crippen molar-refractivity contribution in [2.24, 2.45) is 5.16 Å². The van der Waals surface area contributed by atoms with Crippen molar-refractivity contribution in [1.29, 1.82) is 0 Å². The minimum absolute atomic E-state index is 0.0637. The molecular formula is C15H21ClN2O3. The van der Waals surface area contributed by atoms with Crippen LogP contribution < -0.4 is 5.32 Å². The number of ether oxygens (including phenoxy) is 1. The lowest BCUT2D eigenvalue weighted by atomic mass is 9.98. The van der Waals surface area contributed by atoms with Crippen LogP contribution in [0, 0.1) is 0 Å². The second-order valence-corrected chi connectivity index (χ2v) is 6.27. The molecule has 1 aromatic rings. The van der Waals surface area contributed by atoms with Gasteiger partial charge < -0.3 is 9.94 Å². The summed E-state index contributed by atoms with van der Waals surface area (Å²) in [4.78, 5) is 11.7. The van der Waals surface area contributed by atoms with E-state index in [-0.39, 0.29) is 11.1 Å². The number of carbonyl (C=O) groups excluding carboxylic acids is 1. The van der Waals surface area contributed by atoms with E-state index in [2.05, 4.69) is 10.5 Å². The van der Waals surface area contributed by atoms with E-state index >= 15 is 0 Å². The first-order valence-electron chi connectivity index (χ1n) is 6.67. The summed E-state index contributed by atoms with van der Waals surface area (Å²) < 4.78 is 5.20. The minimum Gasteiger partial charge on any atom is -0.444 e. The molecule has 0 aliphatic heterocycles. The van der Waals surface area contributed by atoms with Gasteiger partial charge in [0, 0.05) is 12.1 Å². The molecule has 0 aromatic heterocycles. The van der Waals surface area contributed by atoms with Gasteiger partial charge in [0.25, 0.3) is 0 Å². The van der Waals surface area contributed by atoms with Gasteiger partial charge in [0.1, 0.15) is 10.8 Å². The van der Waals surface area contributed by atoms with E-state index in [4.69, 9.17) is 21.5 Å². The third kappa shape index (κ3) is 6.49. The predicted octanol–water partition coefficient (Wildman–Crippen LogP) is 4.55. The van der Waals surface area contributed by atoms with Crippen LogP contribution in [0.1, 0.15) is 45.6 Å². The molecule has 116 valence electrons. The van der Waals surface area contributed by atoms with E-state index in [1.54, 1.807) is 26.8 Å². The lowest BCUT2D eigenvalue weighted by Crippen LogP contribution is -2.27. The molecule has 0 saturated heterocycles. The predicted molar refractivity (Wildman–Crippen MR) is 84.4 cm³/mol. The zero-order valence-corrected chi connectivity index (χ0v) is 13.4. The number of benzene rings is 1. The highest BCUT2D eigenvalue weighted by Gasteiger charge is 2.16. The summed E-state index contributed by atoms with van der Waals surface area (Å²) in [6.45, 7) is 7.38. The number of oxime groups is 1. The number of nitrogens with one attached hydrogen (secondary N) is 1. The largest absolute Gasteiger partial charge is 0.444 e. The monoisotopic (exact) mass is 312 g/mol. The molecule has 0 fully saturated rings. The van der Waals surface area contributed by atoms with Crippen molar-refractivity contribution in [3.63, 3.8) is 0 Å². The van der Waals surface area contributed by atoms with Crippen LogP contribution in [-0.4, -0.2) is 22.1 Å². The highest BCUT2D eigenvalue weighted by atomic mass is 35.5. The summed E-state index contributed by atoms with van der Waals surface area (Å²) >= 11 is 5.72. The van der Waals surface area contributed by atoms with E-state index < -0.39 is 11.7 Å². The minimum atomic E-state index is -0.542. The Kier molecular flexibility index (Phi) is 6.03. The number of hydrogen-bond donors (Lipinski definition) is 2. The van der Waals surface area contributed by atoms with Crippen molar-refractivity contribution in [3.05, 3.63) is 29.8 Å². The summed E-state index contributed by atoms with van der Waals surface area (Å²) in [5.74, 6) is 0.0637. The normalized spacial score (nSPS) is 13.7. The first-order valence-corrected chi connectivity index (χ1v) is 7.05. The van der Waals surface area contributed by atoms with Gasteiger partial charge in [-0.25, -0.2) is 4.79 Å². The molecule has 1 rings (SSSR count). The van der Waals surface area contributed by atoms with E-state index in [0.717, 1.165) is 5.56 Å². The Morgan fingerprint density at radius 1 is 1.48 bits per heavy atom. The van der Waals surface area contributed by atoms with E-state index in [0.29, 0.717) is 12.1 Å². The molecule has 0 saturated carbocycles. The van der Waals surface area contributed by atoms with Crippen molar-refractivity contribution in [2.75, 3.05) is 5.32 Å². The lowest BCUT2D eigenvalue weighted by molar-refractivity contribution is 0.0636. The molecule has 0 aliphatic carbocycles. The van der Waals surface area contributed by atoms with Gasteiger partial charge in [-0.1, -0.05) is 35.8 Å². The summed E-state index contributed by atoms with van der Waals surface area (Å²) in [6.07, 6.45) is -0.0734. The van der Waals surface area contributed by atoms with Gasteiger partial charge in [0.15, 0.2) is 0 Å². The third-order valence-corrected chi connectivity index (χ3v) is 2.91. The van der Waals surface area contributed by atoms with E-state index in [1.165, 1.54) is 0 Å². The van der Waals surface area contributed by atoms with Crippen LogP contribution in [0.15, 0.2) is 29.4 Å². The Morgan fingerprint density at radius 2 is 2.14 bits per heavy atom. The molecule has 0 aliphatic rings. The molecule has 0 heterocycles. The number of rotatable bonds is 4. The maximum Gasteiger partial charge on any atom is 0.412 e. The number of carbonyl (C=O) groups is 1. The standard InChI is InChI=1S/C15H21ClN2O3/c1-10(8-13(16)18-20)11-6-5-7-12(9-11)17-14(19)21-15(2,3)4/h5-7,9-10,20H,8H2,1-4H3,(H,17,19)/t10-/m1/s1. The number of nitrogens with zero attached hydrogens (tertiary/aromatic N) is 1. The second-order valence-electron chi connectivity index (χ2n) is 5.83. The fraction of sp³-hybridized carbons (Fsp3) is 0.467. The fourth-order valence-corrected chi connectivity index (χ4v) is 1.99. The average Bonchev–Trinajstić information content (AvgIpc) is 2.36. The van der Waals surface area contributed by atoms with Gasteiger partial charge in [-0.3, -0.25) is 5.32 Å². The fourth-order valence-electron chi connectivity index (χ4n) is 1.76.